The maximum absolute atomic E-state index is 12.1. The van der Waals surface area contributed by atoms with Crippen LogP contribution in [-0.4, -0.2) is 12.2 Å². The van der Waals surface area contributed by atoms with Crippen LogP contribution in [0.1, 0.15) is 78.4 Å². The summed E-state index contributed by atoms with van der Waals surface area (Å²) < 4.78 is 5.71. The van der Waals surface area contributed by atoms with Crippen molar-refractivity contribution in [2.24, 2.45) is 16.7 Å². The topological polar surface area (TPSA) is 29.5 Å². The van der Waals surface area contributed by atoms with Crippen LogP contribution in [-0.2, 0) is 11.0 Å². The van der Waals surface area contributed by atoms with E-state index in [0.29, 0.717) is 5.92 Å². The SMILES string of the molecule is CCC(C)(C)c1ccc(OC)c([C@]2(O)C3(C)CCC(C3)C2(C)C)c1. The Labute approximate surface area is 147 Å². The molecule has 0 heterocycles. The predicted molar refractivity (Wildman–Crippen MR) is 99.4 cm³/mol. The molecule has 1 aromatic carbocycles. The first kappa shape index (κ1) is 17.8. The molecule has 0 aromatic heterocycles. The van der Waals surface area contributed by atoms with E-state index >= 15 is 0 Å². The number of benzene rings is 1. The third kappa shape index (κ3) is 2.05. The van der Waals surface area contributed by atoms with Crippen LogP contribution in [0.5, 0.6) is 5.75 Å². The summed E-state index contributed by atoms with van der Waals surface area (Å²) >= 11 is 0. The standard InChI is InChI=1S/C22H34O2/c1-8-19(2,3)15-9-10-18(24-7)17(13-15)22(23)20(4,5)16-11-12-21(22,6)14-16/h9-10,13,16,23H,8,11-12,14H2,1-7H3/t16?,21?,22-/m1/s1. The van der Waals surface area contributed by atoms with E-state index in [1.165, 1.54) is 12.0 Å². The van der Waals surface area contributed by atoms with E-state index in [-0.39, 0.29) is 16.2 Å². The molecule has 24 heavy (non-hydrogen) atoms. The van der Waals surface area contributed by atoms with Gasteiger partial charge >= 0.3 is 0 Å². The molecule has 2 nitrogen and oxygen atoms in total. The molecule has 134 valence electrons. The molecule has 2 aliphatic rings. The maximum atomic E-state index is 12.1. The monoisotopic (exact) mass is 330 g/mol. The van der Waals surface area contributed by atoms with Crippen molar-refractivity contribution in [1.29, 1.82) is 0 Å². The fraction of sp³-hybridized carbons (Fsp3) is 0.727. The zero-order chi connectivity index (χ0) is 18.0. The van der Waals surface area contributed by atoms with E-state index in [1.807, 2.05) is 0 Å². The van der Waals surface area contributed by atoms with Crippen molar-refractivity contribution < 1.29 is 9.84 Å². The summed E-state index contributed by atoms with van der Waals surface area (Å²) in [6, 6.07) is 6.46. The van der Waals surface area contributed by atoms with Gasteiger partial charge in [0.05, 0.1) is 7.11 Å². The summed E-state index contributed by atoms with van der Waals surface area (Å²) in [4.78, 5) is 0. The smallest absolute Gasteiger partial charge is 0.125 e. The number of rotatable bonds is 4. The van der Waals surface area contributed by atoms with Crippen molar-refractivity contribution in [3.8, 4) is 5.75 Å². The Morgan fingerprint density at radius 2 is 1.92 bits per heavy atom. The van der Waals surface area contributed by atoms with Crippen molar-refractivity contribution in [3.05, 3.63) is 29.3 Å². The molecule has 0 spiro atoms. The van der Waals surface area contributed by atoms with Gasteiger partial charge in [0, 0.05) is 16.4 Å². The number of aliphatic hydroxyl groups is 1. The quantitative estimate of drug-likeness (QED) is 0.799. The Morgan fingerprint density at radius 3 is 2.42 bits per heavy atom. The van der Waals surface area contributed by atoms with Gasteiger partial charge < -0.3 is 9.84 Å². The van der Waals surface area contributed by atoms with E-state index in [0.717, 1.165) is 30.6 Å². The average molecular weight is 331 g/mol. The molecule has 2 unspecified atom stereocenters. The summed E-state index contributed by atoms with van der Waals surface area (Å²) in [6.07, 6.45) is 4.51. The first-order valence-corrected chi connectivity index (χ1v) is 9.45. The van der Waals surface area contributed by atoms with Crippen LogP contribution < -0.4 is 4.74 Å². The lowest BCUT2D eigenvalue weighted by atomic mass is 9.57. The van der Waals surface area contributed by atoms with Crippen LogP contribution in [0, 0.1) is 16.7 Å². The predicted octanol–water partition coefficient (Wildman–Crippen LogP) is 5.42. The van der Waals surface area contributed by atoms with Crippen LogP contribution in [0.25, 0.3) is 0 Å². The Morgan fingerprint density at radius 1 is 1.25 bits per heavy atom. The molecular weight excluding hydrogens is 296 g/mol. The molecule has 2 bridgehead atoms. The summed E-state index contributed by atoms with van der Waals surface area (Å²) in [5.74, 6) is 1.41. The van der Waals surface area contributed by atoms with Crippen molar-refractivity contribution in [1.82, 2.24) is 0 Å². The van der Waals surface area contributed by atoms with Crippen molar-refractivity contribution in [2.75, 3.05) is 7.11 Å². The lowest BCUT2D eigenvalue weighted by molar-refractivity contribution is -0.151. The fourth-order valence-corrected chi connectivity index (χ4v) is 5.55. The first-order valence-electron chi connectivity index (χ1n) is 9.45. The van der Waals surface area contributed by atoms with Crippen LogP contribution in [0.2, 0.25) is 0 Å². The molecule has 0 saturated heterocycles. The molecule has 3 rings (SSSR count). The number of hydrogen-bond donors (Lipinski definition) is 1. The molecule has 1 aromatic rings. The second-order valence-corrected chi connectivity index (χ2v) is 9.58. The van der Waals surface area contributed by atoms with Crippen molar-refractivity contribution in [2.45, 2.75) is 78.2 Å². The molecule has 3 atom stereocenters. The first-order chi connectivity index (χ1) is 11.0. The molecule has 2 aliphatic carbocycles. The third-order valence-electron chi connectivity index (χ3n) is 7.82. The van der Waals surface area contributed by atoms with Gasteiger partial charge in [0.15, 0.2) is 0 Å². The molecule has 0 amide bonds. The molecule has 2 fully saturated rings. The van der Waals surface area contributed by atoms with E-state index in [2.05, 4.69) is 59.7 Å². The molecule has 1 N–H and O–H groups in total. The zero-order valence-electron chi connectivity index (χ0n) is 16.5. The van der Waals surface area contributed by atoms with Gasteiger partial charge in [-0.2, -0.15) is 0 Å². The van der Waals surface area contributed by atoms with Gasteiger partial charge in [0.25, 0.3) is 0 Å². The average Bonchev–Trinajstić information content (AvgIpc) is 3.02. The van der Waals surface area contributed by atoms with Gasteiger partial charge in [-0.1, -0.05) is 47.6 Å². The van der Waals surface area contributed by atoms with E-state index in [4.69, 9.17) is 4.74 Å². The summed E-state index contributed by atoms with van der Waals surface area (Å²) in [5, 5.41) is 12.1. The largest absolute Gasteiger partial charge is 0.496 e. The summed E-state index contributed by atoms with van der Waals surface area (Å²) in [5.41, 5.74) is 1.34. The van der Waals surface area contributed by atoms with Crippen LogP contribution in [0.3, 0.4) is 0 Å². The number of fused-ring (bicyclic) bond motifs is 2. The molecule has 2 saturated carbocycles. The molecular formula is C22H34O2. The van der Waals surface area contributed by atoms with Gasteiger partial charge in [-0.15, -0.1) is 0 Å². The Balaban J connectivity index is 2.23. The minimum atomic E-state index is -0.839. The fourth-order valence-electron chi connectivity index (χ4n) is 5.55. The minimum absolute atomic E-state index is 0.0660. The van der Waals surface area contributed by atoms with Crippen molar-refractivity contribution in [3.63, 3.8) is 0 Å². The normalized spacial score (nSPS) is 34.6. The highest BCUT2D eigenvalue weighted by molar-refractivity contribution is 5.47. The number of hydrogen-bond acceptors (Lipinski definition) is 2. The Hall–Kier alpha value is -1.02. The number of methoxy groups -OCH3 is 1. The van der Waals surface area contributed by atoms with E-state index in [9.17, 15) is 5.11 Å². The van der Waals surface area contributed by atoms with Crippen LogP contribution in [0.15, 0.2) is 18.2 Å². The Bertz CT molecular complexity index is 639. The van der Waals surface area contributed by atoms with Gasteiger partial charge in [-0.25, -0.2) is 0 Å². The highest BCUT2D eigenvalue weighted by Crippen LogP contribution is 2.72. The summed E-state index contributed by atoms with van der Waals surface area (Å²) in [7, 11) is 1.72. The van der Waals surface area contributed by atoms with Gasteiger partial charge in [0.2, 0.25) is 0 Å². The zero-order valence-corrected chi connectivity index (χ0v) is 16.5. The highest BCUT2D eigenvalue weighted by Gasteiger charge is 2.69. The van der Waals surface area contributed by atoms with Crippen LogP contribution >= 0.6 is 0 Å². The lowest BCUT2D eigenvalue weighted by Gasteiger charge is -2.51. The second-order valence-electron chi connectivity index (χ2n) is 9.58. The Kier molecular flexibility index (Phi) is 3.88. The van der Waals surface area contributed by atoms with E-state index in [1.54, 1.807) is 7.11 Å². The second kappa shape index (κ2) is 5.24. The number of ether oxygens (including phenoxy) is 1. The molecule has 2 heteroatoms. The highest BCUT2D eigenvalue weighted by atomic mass is 16.5. The minimum Gasteiger partial charge on any atom is -0.496 e. The van der Waals surface area contributed by atoms with E-state index < -0.39 is 5.60 Å². The van der Waals surface area contributed by atoms with Crippen molar-refractivity contribution >= 4 is 0 Å². The summed E-state index contributed by atoms with van der Waals surface area (Å²) in [6.45, 7) is 13.5. The lowest BCUT2D eigenvalue weighted by Crippen LogP contribution is -2.51. The molecule has 0 aliphatic heterocycles. The van der Waals surface area contributed by atoms with Gasteiger partial charge in [0.1, 0.15) is 11.4 Å². The maximum Gasteiger partial charge on any atom is 0.125 e. The van der Waals surface area contributed by atoms with Crippen LogP contribution in [0.4, 0.5) is 0 Å². The van der Waals surface area contributed by atoms with Gasteiger partial charge in [-0.3, -0.25) is 0 Å². The van der Waals surface area contributed by atoms with Gasteiger partial charge in [-0.05, 0) is 54.7 Å². The molecule has 0 radical (unpaired) electrons. The third-order valence-corrected chi connectivity index (χ3v) is 7.82.